The van der Waals surface area contributed by atoms with Crippen LogP contribution in [0.4, 0.5) is 0 Å². The maximum atomic E-state index is 12.3. The molecule has 3 heteroatoms. The van der Waals surface area contributed by atoms with Gasteiger partial charge >= 0.3 is 0 Å². The summed E-state index contributed by atoms with van der Waals surface area (Å²) in [6.45, 7) is 5.59. The van der Waals surface area contributed by atoms with Gasteiger partial charge in [0.25, 0.3) is 5.91 Å². The summed E-state index contributed by atoms with van der Waals surface area (Å²) in [4.78, 5) is 12.3. The first-order valence-corrected chi connectivity index (χ1v) is 15.2. The zero-order chi connectivity index (χ0) is 24.5. The molecule has 0 heterocycles. The summed E-state index contributed by atoms with van der Waals surface area (Å²) >= 11 is 0. The summed E-state index contributed by atoms with van der Waals surface area (Å²) in [5.41, 5.74) is 3.21. The second-order valence-corrected chi connectivity index (χ2v) is 11.1. The van der Waals surface area contributed by atoms with Gasteiger partial charge in [-0.3, -0.25) is 4.79 Å². The molecular weight excluding hydrogens is 404 g/mol. The second kappa shape index (κ2) is 24.6. The number of amides is 1. The van der Waals surface area contributed by atoms with Crippen molar-refractivity contribution in [1.82, 2.24) is 5.43 Å². The minimum Gasteiger partial charge on any atom is -0.270 e. The normalized spacial score (nSPS) is 11.8. The Hall–Kier alpha value is -0.570. The topological polar surface area (TPSA) is 29.1 Å². The Morgan fingerprint density at radius 3 is 1.15 bits per heavy atom. The zero-order valence-electron chi connectivity index (χ0n) is 23.5. The number of quaternary nitrogens is 1. The van der Waals surface area contributed by atoms with E-state index in [1.54, 1.807) is 0 Å². The summed E-state index contributed by atoms with van der Waals surface area (Å²) in [5, 5.41) is 0. The molecule has 0 saturated carbocycles. The van der Waals surface area contributed by atoms with Crippen molar-refractivity contribution in [2.24, 2.45) is 0 Å². The van der Waals surface area contributed by atoms with Crippen molar-refractivity contribution in [1.29, 1.82) is 0 Å². The van der Waals surface area contributed by atoms with Crippen LogP contribution in [-0.2, 0) is 4.79 Å². The van der Waals surface area contributed by atoms with Gasteiger partial charge in [-0.15, -0.1) is 0 Å². The number of nitrogens with zero attached hydrogens (tertiary/aromatic N) is 1. The van der Waals surface area contributed by atoms with Crippen LogP contribution in [0.15, 0.2) is 0 Å². The Balaban J connectivity index is 3.36. The molecule has 0 fully saturated rings. The van der Waals surface area contributed by atoms with E-state index in [1.165, 1.54) is 141 Å². The summed E-state index contributed by atoms with van der Waals surface area (Å²) in [7, 11) is 4.25. The molecule has 1 N–H and O–H groups in total. The molecule has 0 saturated heterocycles. The van der Waals surface area contributed by atoms with Gasteiger partial charge in [-0.1, -0.05) is 142 Å². The van der Waals surface area contributed by atoms with Crippen molar-refractivity contribution >= 4 is 5.91 Å². The lowest BCUT2D eigenvalue weighted by atomic mass is 10.0. The van der Waals surface area contributed by atoms with Crippen molar-refractivity contribution < 1.29 is 9.39 Å². The van der Waals surface area contributed by atoms with Crippen molar-refractivity contribution in [3.8, 4) is 0 Å². The lowest BCUT2D eigenvalue weighted by molar-refractivity contribution is -0.925. The Morgan fingerprint density at radius 2 is 0.788 bits per heavy atom. The highest BCUT2D eigenvalue weighted by Gasteiger charge is 2.17. The van der Waals surface area contributed by atoms with E-state index in [1.807, 2.05) is 0 Å². The molecule has 0 spiro atoms. The smallest absolute Gasteiger partial charge is 0.264 e. The first-order chi connectivity index (χ1) is 16.0. The Labute approximate surface area is 209 Å². The summed E-state index contributed by atoms with van der Waals surface area (Å²) < 4.78 is 0.631. The molecule has 0 aromatic rings. The van der Waals surface area contributed by atoms with Crippen LogP contribution in [0.5, 0.6) is 0 Å². The van der Waals surface area contributed by atoms with Gasteiger partial charge in [0, 0.05) is 6.42 Å². The average molecular weight is 468 g/mol. The molecule has 0 rings (SSSR count). The van der Waals surface area contributed by atoms with Crippen LogP contribution in [-0.4, -0.2) is 31.1 Å². The lowest BCUT2D eigenvalue weighted by Gasteiger charge is -2.29. The van der Waals surface area contributed by atoms with Crippen LogP contribution in [0.2, 0.25) is 0 Å². The summed E-state index contributed by atoms with van der Waals surface area (Å²) in [5.74, 6) is 0.229. The first-order valence-electron chi connectivity index (χ1n) is 15.2. The van der Waals surface area contributed by atoms with Gasteiger partial charge in [-0.25, -0.2) is 10.0 Å². The van der Waals surface area contributed by atoms with E-state index in [9.17, 15) is 4.79 Å². The fourth-order valence-electron chi connectivity index (χ4n) is 4.75. The highest BCUT2D eigenvalue weighted by Crippen LogP contribution is 2.14. The molecule has 0 aromatic heterocycles. The van der Waals surface area contributed by atoms with E-state index < -0.39 is 0 Å². The van der Waals surface area contributed by atoms with Gasteiger partial charge in [0.15, 0.2) is 0 Å². The van der Waals surface area contributed by atoms with Gasteiger partial charge < -0.3 is 0 Å². The Morgan fingerprint density at radius 1 is 0.485 bits per heavy atom. The zero-order valence-corrected chi connectivity index (χ0v) is 23.5. The largest absolute Gasteiger partial charge is 0.270 e. The summed E-state index contributed by atoms with van der Waals surface area (Å²) in [6, 6.07) is 0. The molecule has 0 aromatic carbocycles. The van der Waals surface area contributed by atoms with Gasteiger partial charge in [0.1, 0.15) is 6.54 Å². The van der Waals surface area contributed by atoms with Crippen LogP contribution in [0.1, 0.15) is 168 Å². The quantitative estimate of drug-likeness (QED) is 0.0765. The van der Waals surface area contributed by atoms with E-state index in [2.05, 4.69) is 33.4 Å². The van der Waals surface area contributed by atoms with Crippen molar-refractivity contribution in [2.45, 2.75) is 168 Å². The summed E-state index contributed by atoms with van der Waals surface area (Å²) in [6.07, 6.45) is 32.0. The van der Waals surface area contributed by atoms with E-state index in [0.29, 0.717) is 11.0 Å². The van der Waals surface area contributed by atoms with E-state index in [4.69, 9.17) is 0 Å². The fraction of sp³-hybridized carbons (Fsp3) is 0.967. The molecule has 1 amide bonds. The monoisotopic (exact) mass is 467 g/mol. The van der Waals surface area contributed by atoms with Gasteiger partial charge in [0.05, 0.1) is 14.1 Å². The third-order valence-electron chi connectivity index (χ3n) is 7.01. The third kappa shape index (κ3) is 25.9. The number of hydrogen-bond acceptors (Lipinski definition) is 1. The van der Waals surface area contributed by atoms with Gasteiger partial charge in [-0.2, -0.15) is 0 Å². The number of hydrogen-bond donors (Lipinski definition) is 1. The van der Waals surface area contributed by atoms with E-state index >= 15 is 0 Å². The van der Waals surface area contributed by atoms with Crippen LogP contribution in [0.3, 0.4) is 0 Å². The number of carbonyl (C=O) groups excluding carboxylic acids is 1. The van der Waals surface area contributed by atoms with Gasteiger partial charge in [-0.05, 0) is 19.3 Å². The minimum absolute atomic E-state index is 0.229. The Kier molecular flexibility index (Phi) is 24.1. The molecule has 0 unspecified atom stereocenters. The SMILES string of the molecule is CCCCCCCCCCCCCCCCCCCC(=O)N[N+](C)(C)CCCCCCCC. The Bertz CT molecular complexity index is 408. The second-order valence-electron chi connectivity index (χ2n) is 11.1. The number of nitrogens with one attached hydrogen (secondary N) is 1. The molecule has 0 aliphatic rings. The molecule has 0 atom stereocenters. The standard InChI is InChI=1S/C30H62N2O/c1-5-7-9-11-13-14-15-16-17-18-19-20-21-22-23-24-26-28-30(33)31-32(3,4)29-27-25-12-10-8-6-2/h5-29H2,1-4H3/p+1. The maximum absolute atomic E-state index is 12.3. The van der Waals surface area contributed by atoms with Crippen LogP contribution in [0.25, 0.3) is 0 Å². The molecule has 33 heavy (non-hydrogen) atoms. The number of carbonyl (C=O) groups is 1. The van der Waals surface area contributed by atoms with Crippen molar-refractivity contribution in [3.63, 3.8) is 0 Å². The van der Waals surface area contributed by atoms with E-state index in [0.717, 1.165) is 13.0 Å². The average Bonchev–Trinajstić information content (AvgIpc) is 2.78. The number of rotatable bonds is 26. The van der Waals surface area contributed by atoms with Crippen LogP contribution >= 0.6 is 0 Å². The molecule has 0 aliphatic carbocycles. The predicted octanol–water partition coefficient (Wildman–Crippen LogP) is 9.50. The molecule has 0 radical (unpaired) electrons. The van der Waals surface area contributed by atoms with Crippen LogP contribution in [0, 0.1) is 0 Å². The molecule has 3 nitrogen and oxygen atoms in total. The molecular formula is C30H63N2O+. The first kappa shape index (κ1) is 32.4. The van der Waals surface area contributed by atoms with Crippen LogP contribution < -0.4 is 5.43 Å². The van der Waals surface area contributed by atoms with E-state index in [-0.39, 0.29) is 5.91 Å². The minimum atomic E-state index is 0.229. The number of unbranched alkanes of at least 4 members (excludes halogenated alkanes) is 21. The third-order valence-corrected chi connectivity index (χ3v) is 7.01. The maximum Gasteiger partial charge on any atom is 0.264 e. The van der Waals surface area contributed by atoms with Crippen molar-refractivity contribution in [3.05, 3.63) is 0 Å². The molecule has 0 bridgehead atoms. The lowest BCUT2D eigenvalue weighted by Crippen LogP contribution is -2.54. The van der Waals surface area contributed by atoms with Crippen molar-refractivity contribution in [2.75, 3.05) is 20.6 Å². The predicted molar refractivity (Wildman–Crippen MR) is 147 cm³/mol. The van der Waals surface area contributed by atoms with Gasteiger partial charge in [0.2, 0.25) is 0 Å². The highest BCUT2D eigenvalue weighted by molar-refractivity contribution is 5.74. The fourth-order valence-corrected chi connectivity index (χ4v) is 4.75. The molecule has 198 valence electrons. The molecule has 0 aliphatic heterocycles. The highest BCUT2D eigenvalue weighted by atomic mass is 16.2.